The number of hydrogen-bond acceptors (Lipinski definition) is 0. The molecule has 0 saturated carbocycles. The second kappa shape index (κ2) is 3.89. The van der Waals surface area contributed by atoms with E-state index in [0.717, 1.165) is 6.42 Å². The highest BCUT2D eigenvalue weighted by molar-refractivity contribution is 6.03. The molecule has 3 aromatic carbocycles. The van der Waals surface area contributed by atoms with Crippen molar-refractivity contribution in [3.05, 3.63) is 59.7 Å². The first-order valence-corrected chi connectivity index (χ1v) is 6.21. The molecule has 0 saturated heterocycles. The van der Waals surface area contributed by atoms with Crippen LogP contribution in [0, 0.1) is 6.92 Å². The van der Waals surface area contributed by atoms with Crippen molar-refractivity contribution >= 4 is 21.5 Å². The zero-order valence-corrected chi connectivity index (χ0v) is 10.3. The standard InChI is InChI=1S/C17H16/c1-3-13-8-6-10-16-12(2)15-9-5-4-7-14(15)11-17(13)16/h4-11H,3H2,1-2H3. The Morgan fingerprint density at radius 3 is 2.41 bits per heavy atom. The average molecular weight is 220 g/mol. The maximum absolute atomic E-state index is 2.33. The maximum atomic E-state index is 2.33. The van der Waals surface area contributed by atoms with Crippen LogP contribution >= 0.6 is 0 Å². The van der Waals surface area contributed by atoms with E-state index >= 15 is 0 Å². The quantitative estimate of drug-likeness (QED) is 0.513. The molecule has 0 bridgehead atoms. The molecule has 84 valence electrons. The van der Waals surface area contributed by atoms with E-state index < -0.39 is 0 Å². The predicted molar refractivity (Wildman–Crippen MR) is 75.6 cm³/mol. The summed E-state index contributed by atoms with van der Waals surface area (Å²) < 4.78 is 0. The van der Waals surface area contributed by atoms with Gasteiger partial charge in [-0.15, -0.1) is 0 Å². The molecule has 0 aliphatic carbocycles. The summed E-state index contributed by atoms with van der Waals surface area (Å²) in [6.07, 6.45) is 1.09. The summed E-state index contributed by atoms with van der Waals surface area (Å²) in [6, 6.07) is 17.6. The normalized spacial score (nSPS) is 11.2. The van der Waals surface area contributed by atoms with Gasteiger partial charge in [0, 0.05) is 0 Å². The molecule has 0 spiro atoms. The lowest BCUT2D eigenvalue weighted by Crippen LogP contribution is -1.87. The maximum Gasteiger partial charge on any atom is -0.0143 e. The topological polar surface area (TPSA) is 0 Å². The van der Waals surface area contributed by atoms with Crippen LogP contribution in [0.25, 0.3) is 21.5 Å². The van der Waals surface area contributed by atoms with Gasteiger partial charge < -0.3 is 0 Å². The Balaban J connectivity index is 2.54. The van der Waals surface area contributed by atoms with Gasteiger partial charge in [0.15, 0.2) is 0 Å². The van der Waals surface area contributed by atoms with Crippen LogP contribution in [0.1, 0.15) is 18.1 Å². The van der Waals surface area contributed by atoms with Gasteiger partial charge in [-0.3, -0.25) is 0 Å². The van der Waals surface area contributed by atoms with Crippen molar-refractivity contribution in [2.75, 3.05) is 0 Å². The smallest absolute Gasteiger partial charge is 0.0143 e. The Hall–Kier alpha value is -1.82. The molecule has 0 aliphatic rings. The molecule has 0 aliphatic heterocycles. The minimum absolute atomic E-state index is 1.09. The molecule has 0 atom stereocenters. The van der Waals surface area contributed by atoms with Crippen LogP contribution in [-0.4, -0.2) is 0 Å². The Bertz CT molecular complexity index is 693. The van der Waals surface area contributed by atoms with Gasteiger partial charge in [-0.25, -0.2) is 0 Å². The second-order valence-electron chi connectivity index (χ2n) is 4.59. The number of fused-ring (bicyclic) bond motifs is 2. The van der Waals surface area contributed by atoms with Gasteiger partial charge in [-0.1, -0.05) is 49.4 Å². The van der Waals surface area contributed by atoms with Crippen LogP contribution in [0.3, 0.4) is 0 Å². The average Bonchev–Trinajstić information content (AvgIpc) is 2.38. The van der Waals surface area contributed by atoms with Gasteiger partial charge in [0.1, 0.15) is 0 Å². The van der Waals surface area contributed by atoms with Crippen LogP contribution in [0.15, 0.2) is 48.5 Å². The number of benzene rings is 3. The third kappa shape index (κ3) is 1.52. The van der Waals surface area contributed by atoms with Gasteiger partial charge >= 0.3 is 0 Å². The van der Waals surface area contributed by atoms with Gasteiger partial charge in [-0.2, -0.15) is 0 Å². The molecule has 0 amide bonds. The van der Waals surface area contributed by atoms with Crippen molar-refractivity contribution in [1.82, 2.24) is 0 Å². The first-order valence-electron chi connectivity index (χ1n) is 6.21. The molecule has 17 heavy (non-hydrogen) atoms. The lowest BCUT2D eigenvalue weighted by Gasteiger charge is -2.10. The van der Waals surface area contributed by atoms with E-state index in [0.29, 0.717) is 0 Å². The summed E-state index contributed by atoms with van der Waals surface area (Å²) in [6.45, 7) is 4.45. The summed E-state index contributed by atoms with van der Waals surface area (Å²) in [4.78, 5) is 0. The molecule has 3 rings (SSSR count). The van der Waals surface area contributed by atoms with Crippen molar-refractivity contribution in [3.63, 3.8) is 0 Å². The van der Waals surface area contributed by atoms with E-state index in [1.54, 1.807) is 0 Å². The van der Waals surface area contributed by atoms with Gasteiger partial charge in [0.2, 0.25) is 0 Å². The first-order chi connectivity index (χ1) is 8.31. The van der Waals surface area contributed by atoms with Crippen LogP contribution < -0.4 is 0 Å². The fraction of sp³-hybridized carbons (Fsp3) is 0.176. The fourth-order valence-electron chi connectivity index (χ4n) is 2.68. The Labute approximate surface area is 102 Å². The highest BCUT2D eigenvalue weighted by Crippen LogP contribution is 2.29. The van der Waals surface area contributed by atoms with Gasteiger partial charge in [0.25, 0.3) is 0 Å². The Morgan fingerprint density at radius 2 is 1.59 bits per heavy atom. The monoisotopic (exact) mass is 220 g/mol. The van der Waals surface area contributed by atoms with E-state index in [-0.39, 0.29) is 0 Å². The SMILES string of the molecule is CCc1cccc2c(C)c3ccccc3cc12. The van der Waals surface area contributed by atoms with Crippen molar-refractivity contribution in [3.8, 4) is 0 Å². The van der Waals surface area contributed by atoms with Crippen molar-refractivity contribution < 1.29 is 0 Å². The molecule has 3 aromatic rings. The van der Waals surface area contributed by atoms with E-state index in [2.05, 4.69) is 62.4 Å². The number of rotatable bonds is 1. The highest BCUT2D eigenvalue weighted by Gasteiger charge is 2.05. The lowest BCUT2D eigenvalue weighted by molar-refractivity contribution is 1.16. The number of aryl methyl sites for hydroxylation is 2. The van der Waals surface area contributed by atoms with E-state index in [4.69, 9.17) is 0 Å². The van der Waals surface area contributed by atoms with Crippen molar-refractivity contribution in [1.29, 1.82) is 0 Å². The Kier molecular flexibility index (Phi) is 2.36. The van der Waals surface area contributed by atoms with E-state index in [1.165, 1.54) is 32.7 Å². The molecule has 0 nitrogen and oxygen atoms in total. The van der Waals surface area contributed by atoms with Crippen LogP contribution in [-0.2, 0) is 6.42 Å². The molecule has 0 N–H and O–H groups in total. The third-order valence-corrected chi connectivity index (χ3v) is 3.65. The largest absolute Gasteiger partial charge is 0.0616 e. The third-order valence-electron chi connectivity index (χ3n) is 3.65. The highest BCUT2D eigenvalue weighted by atomic mass is 14.1. The fourth-order valence-corrected chi connectivity index (χ4v) is 2.68. The molecule has 0 heteroatoms. The van der Waals surface area contributed by atoms with Gasteiger partial charge in [0.05, 0.1) is 0 Å². The summed E-state index contributed by atoms with van der Waals surface area (Å²) in [5, 5.41) is 5.51. The molecule has 0 radical (unpaired) electrons. The minimum Gasteiger partial charge on any atom is -0.0616 e. The molecular formula is C17H16. The first kappa shape index (κ1) is 10.3. The van der Waals surface area contributed by atoms with E-state index in [1.807, 2.05) is 0 Å². The second-order valence-corrected chi connectivity index (χ2v) is 4.59. The predicted octanol–water partition coefficient (Wildman–Crippen LogP) is 4.86. The minimum atomic E-state index is 1.09. The lowest BCUT2D eigenvalue weighted by atomic mass is 9.94. The van der Waals surface area contributed by atoms with Crippen molar-refractivity contribution in [2.24, 2.45) is 0 Å². The van der Waals surface area contributed by atoms with E-state index in [9.17, 15) is 0 Å². The summed E-state index contributed by atoms with van der Waals surface area (Å²) in [5.41, 5.74) is 2.84. The summed E-state index contributed by atoms with van der Waals surface area (Å²) in [5.74, 6) is 0. The van der Waals surface area contributed by atoms with Crippen molar-refractivity contribution in [2.45, 2.75) is 20.3 Å². The number of hydrogen-bond donors (Lipinski definition) is 0. The Morgan fingerprint density at radius 1 is 0.824 bits per heavy atom. The zero-order chi connectivity index (χ0) is 11.8. The van der Waals surface area contributed by atoms with Crippen LogP contribution in [0.2, 0.25) is 0 Å². The van der Waals surface area contributed by atoms with Crippen LogP contribution in [0.4, 0.5) is 0 Å². The molecule has 0 heterocycles. The van der Waals surface area contributed by atoms with Gasteiger partial charge in [-0.05, 0) is 52.1 Å². The molecule has 0 aromatic heterocycles. The molecule has 0 fully saturated rings. The zero-order valence-electron chi connectivity index (χ0n) is 10.3. The molecule has 0 unspecified atom stereocenters. The summed E-state index contributed by atoms with van der Waals surface area (Å²) >= 11 is 0. The summed E-state index contributed by atoms with van der Waals surface area (Å²) in [7, 11) is 0. The van der Waals surface area contributed by atoms with Crippen LogP contribution in [0.5, 0.6) is 0 Å². The molecular weight excluding hydrogens is 204 g/mol.